The molecule has 0 bridgehead atoms. The summed E-state index contributed by atoms with van der Waals surface area (Å²) < 4.78 is 20.4. The van der Waals surface area contributed by atoms with Gasteiger partial charge in [0.2, 0.25) is 0 Å². The minimum absolute atomic E-state index is 0.257. The van der Waals surface area contributed by atoms with Gasteiger partial charge in [0.15, 0.2) is 5.16 Å². The number of rotatable bonds is 4. The second-order valence-corrected chi connectivity index (χ2v) is 5.67. The number of fused-ring (bicyclic) bond motifs is 1. The highest BCUT2D eigenvalue weighted by atomic mass is 32.2. The standard InChI is InChI=1S/C16H15FN2OS/c1-19-15-8-5-12(17)9-14(15)18-16(19)21-10-11-3-6-13(20-2)7-4-11/h3-9H,10H2,1-2H3. The Hall–Kier alpha value is -2.01. The van der Waals surface area contributed by atoms with E-state index in [4.69, 9.17) is 4.74 Å². The number of hydrogen-bond donors (Lipinski definition) is 0. The minimum atomic E-state index is -0.257. The van der Waals surface area contributed by atoms with Crippen LogP contribution in [0.4, 0.5) is 4.39 Å². The summed E-state index contributed by atoms with van der Waals surface area (Å²) >= 11 is 1.63. The number of halogens is 1. The number of thioether (sulfide) groups is 1. The lowest BCUT2D eigenvalue weighted by molar-refractivity contribution is 0.414. The van der Waals surface area contributed by atoms with Crippen molar-refractivity contribution < 1.29 is 9.13 Å². The van der Waals surface area contributed by atoms with E-state index in [0.717, 1.165) is 22.2 Å². The van der Waals surface area contributed by atoms with Crippen molar-refractivity contribution in [2.45, 2.75) is 10.9 Å². The summed E-state index contributed by atoms with van der Waals surface area (Å²) in [6.07, 6.45) is 0. The van der Waals surface area contributed by atoms with Gasteiger partial charge in [-0.15, -0.1) is 0 Å². The van der Waals surface area contributed by atoms with Gasteiger partial charge in [0, 0.05) is 18.9 Å². The van der Waals surface area contributed by atoms with Crippen molar-refractivity contribution in [1.29, 1.82) is 0 Å². The predicted molar refractivity (Wildman–Crippen MR) is 83.2 cm³/mol. The second-order valence-electron chi connectivity index (χ2n) is 4.72. The number of aryl methyl sites for hydroxylation is 1. The normalized spacial score (nSPS) is 11.0. The Bertz CT molecular complexity index is 768. The van der Waals surface area contributed by atoms with Crippen LogP contribution in [0.5, 0.6) is 5.75 Å². The summed E-state index contributed by atoms with van der Waals surface area (Å²) in [6.45, 7) is 0. The largest absolute Gasteiger partial charge is 0.497 e. The van der Waals surface area contributed by atoms with Gasteiger partial charge in [0.1, 0.15) is 11.6 Å². The van der Waals surface area contributed by atoms with Crippen LogP contribution in [0.2, 0.25) is 0 Å². The van der Waals surface area contributed by atoms with Crippen LogP contribution in [0.1, 0.15) is 5.56 Å². The smallest absolute Gasteiger partial charge is 0.169 e. The first-order valence-corrected chi connectivity index (χ1v) is 7.53. The van der Waals surface area contributed by atoms with Gasteiger partial charge < -0.3 is 9.30 Å². The SMILES string of the molecule is COc1ccc(CSc2nc3cc(F)ccc3n2C)cc1. The molecule has 0 saturated carbocycles. The van der Waals surface area contributed by atoms with Crippen LogP contribution in [-0.2, 0) is 12.8 Å². The Balaban J connectivity index is 1.79. The van der Waals surface area contributed by atoms with Crippen molar-refractivity contribution in [3.05, 3.63) is 53.8 Å². The van der Waals surface area contributed by atoms with Crippen molar-refractivity contribution in [3.63, 3.8) is 0 Å². The zero-order chi connectivity index (χ0) is 14.8. The summed E-state index contributed by atoms with van der Waals surface area (Å²) in [4.78, 5) is 4.48. The molecule has 2 aromatic carbocycles. The van der Waals surface area contributed by atoms with Gasteiger partial charge >= 0.3 is 0 Å². The van der Waals surface area contributed by atoms with Crippen molar-refractivity contribution in [1.82, 2.24) is 9.55 Å². The highest BCUT2D eigenvalue weighted by Gasteiger charge is 2.09. The summed E-state index contributed by atoms with van der Waals surface area (Å²) in [5.41, 5.74) is 2.82. The van der Waals surface area contributed by atoms with E-state index < -0.39 is 0 Å². The molecule has 0 fully saturated rings. The molecule has 5 heteroatoms. The zero-order valence-electron chi connectivity index (χ0n) is 11.8. The minimum Gasteiger partial charge on any atom is -0.497 e. The molecule has 1 heterocycles. The van der Waals surface area contributed by atoms with Crippen LogP contribution in [0, 0.1) is 5.82 Å². The van der Waals surface area contributed by atoms with E-state index in [2.05, 4.69) is 4.98 Å². The number of imidazole rings is 1. The van der Waals surface area contributed by atoms with Crippen molar-refractivity contribution in [2.24, 2.45) is 7.05 Å². The van der Waals surface area contributed by atoms with Crippen molar-refractivity contribution in [2.75, 3.05) is 7.11 Å². The number of nitrogens with zero attached hydrogens (tertiary/aromatic N) is 2. The average molecular weight is 302 g/mol. The van der Waals surface area contributed by atoms with Crippen LogP contribution in [0.15, 0.2) is 47.6 Å². The van der Waals surface area contributed by atoms with Gasteiger partial charge in [-0.3, -0.25) is 0 Å². The molecule has 3 nitrogen and oxygen atoms in total. The topological polar surface area (TPSA) is 27.1 Å². The van der Waals surface area contributed by atoms with Gasteiger partial charge in [0.05, 0.1) is 18.1 Å². The molecule has 0 saturated heterocycles. The van der Waals surface area contributed by atoms with E-state index >= 15 is 0 Å². The number of ether oxygens (including phenoxy) is 1. The third-order valence-corrected chi connectivity index (χ3v) is 4.43. The molecule has 0 radical (unpaired) electrons. The highest BCUT2D eigenvalue weighted by molar-refractivity contribution is 7.98. The zero-order valence-corrected chi connectivity index (χ0v) is 12.7. The van der Waals surface area contributed by atoms with Gasteiger partial charge in [-0.25, -0.2) is 9.37 Å². The Morgan fingerprint density at radius 3 is 2.67 bits per heavy atom. The molecule has 21 heavy (non-hydrogen) atoms. The molecule has 3 aromatic rings. The molecule has 0 aliphatic heterocycles. The average Bonchev–Trinajstić information content (AvgIpc) is 2.81. The fourth-order valence-electron chi connectivity index (χ4n) is 2.15. The first kappa shape index (κ1) is 13.9. The third kappa shape index (κ3) is 2.88. The first-order chi connectivity index (χ1) is 10.2. The van der Waals surface area contributed by atoms with Gasteiger partial charge in [0.25, 0.3) is 0 Å². The molecule has 108 valence electrons. The monoisotopic (exact) mass is 302 g/mol. The van der Waals surface area contributed by atoms with E-state index in [1.54, 1.807) is 24.9 Å². The van der Waals surface area contributed by atoms with Crippen molar-refractivity contribution in [3.8, 4) is 5.75 Å². The molecule has 0 atom stereocenters. The number of methoxy groups -OCH3 is 1. The Labute approximate surface area is 126 Å². The summed E-state index contributed by atoms with van der Waals surface area (Å²) in [5, 5.41) is 0.881. The van der Waals surface area contributed by atoms with Crippen LogP contribution in [0.25, 0.3) is 11.0 Å². The van der Waals surface area contributed by atoms with Crippen LogP contribution in [0.3, 0.4) is 0 Å². The Morgan fingerprint density at radius 1 is 1.19 bits per heavy atom. The lowest BCUT2D eigenvalue weighted by atomic mass is 10.2. The maximum atomic E-state index is 13.2. The lowest BCUT2D eigenvalue weighted by Gasteiger charge is -2.04. The Kier molecular flexibility index (Phi) is 3.84. The van der Waals surface area contributed by atoms with E-state index in [1.807, 2.05) is 35.9 Å². The fourth-order valence-corrected chi connectivity index (χ4v) is 3.09. The Morgan fingerprint density at radius 2 is 1.95 bits per heavy atom. The van der Waals surface area contributed by atoms with E-state index in [9.17, 15) is 4.39 Å². The molecule has 0 unspecified atom stereocenters. The first-order valence-electron chi connectivity index (χ1n) is 6.55. The van der Waals surface area contributed by atoms with Gasteiger partial charge in [-0.1, -0.05) is 23.9 Å². The summed E-state index contributed by atoms with van der Waals surface area (Å²) in [7, 11) is 3.60. The van der Waals surface area contributed by atoms with Crippen molar-refractivity contribution >= 4 is 22.8 Å². The number of hydrogen-bond acceptors (Lipinski definition) is 3. The van der Waals surface area contributed by atoms with Crippen LogP contribution >= 0.6 is 11.8 Å². The van der Waals surface area contributed by atoms with Gasteiger partial charge in [-0.05, 0) is 29.8 Å². The summed E-state index contributed by atoms with van der Waals surface area (Å²) in [6, 6.07) is 12.6. The molecule has 1 aromatic heterocycles. The molecule has 0 aliphatic carbocycles. The fraction of sp³-hybridized carbons (Fsp3) is 0.188. The van der Waals surface area contributed by atoms with E-state index in [1.165, 1.54) is 17.7 Å². The molecular weight excluding hydrogens is 287 g/mol. The molecule has 0 spiro atoms. The second kappa shape index (κ2) is 5.77. The molecule has 0 aliphatic rings. The molecule has 0 amide bonds. The van der Waals surface area contributed by atoms with E-state index in [0.29, 0.717) is 5.52 Å². The number of aromatic nitrogens is 2. The quantitative estimate of drug-likeness (QED) is 0.681. The van der Waals surface area contributed by atoms with Crippen LogP contribution < -0.4 is 4.74 Å². The van der Waals surface area contributed by atoms with E-state index in [-0.39, 0.29) is 5.82 Å². The molecule has 0 N–H and O–H groups in total. The maximum Gasteiger partial charge on any atom is 0.169 e. The molecular formula is C16H15FN2OS. The predicted octanol–water partition coefficient (Wildman–Crippen LogP) is 4.01. The third-order valence-electron chi connectivity index (χ3n) is 3.33. The van der Waals surface area contributed by atoms with Gasteiger partial charge in [-0.2, -0.15) is 0 Å². The number of benzene rings is 2. The maximum absolute atomic E-state index is 13.2. The summed E-state index contributed by atoms with van der Waals surface area (Å²) in [5.74, 6) is 1.40. The molecule has 3 rings (SSSR count). The lowest BCUT2D eigenvalue weighted by Crippen LogP contribution is -1.91. The highest BCUT2D eigenvalue weighted by Crippen LogP contribution is 2.26. The van der Waals surface area contributed by atoms with Crippen LogP contribution in [-0.4, -0.2) is 16.7 Å².